The van der Waals surface area contributed by atoms with Crippen molar-refractivity contribution in [1.29, 1.82) is 0 Å². The smallest absolute Gasteiger partial charge is 0.337 e. The van der Waals surface area contributed by atoms with Crippen LogP contribution in [0.15, 0.2) is 48.5 Å². The van der Waals surface area contributed by atoms with Gasteiger partial charge in [0, 0.05) is 19.0 Å². The predicted octanol–water partition coefficient (Wildman–Crippen LogP) is 3.34. The van der Waals surface area contributed by atoms with Crippen molar-refractivity contribution in [3.63, 3.8) is 0 Å². The molecule has 0 radical (unpaired) electrons. The minimum absolute atomic E-state index is 0.0701. The Hall–Kier alpha value is -2.86. The molecule has 0 saturated carbocycles. The first-order chi connectivity index (χ1) is 15.1. The van der Waals surface area contributed by atoms with Gasteiger partial charge in [0.15, 0.2) is 0 Å². The summed E-state index contributed by atoms with van der Waals surface area (Å²) in [6.07, 6.45) is 4.49. The summed E-state index contributed by atoms with van der Waals surface area (Å²) in [5.74, 6) is 0.878. The summed E-state index contributed by atoms with van der Waals surface area (Å²) >= 11 is 0. The Morgan fingerprint density at radius 2 is 1.94 bits per heavy atom. The SMILES string of the molecule is COC(=O)c1ccc(CNCC[C@H]2CCC(=O)N2C[C@H]2CCc3ccccc3O2)cc1. The van der Waals surface area contributed by atoms with Crippen molar-refractivity contribution >= 4 is 11.9 Å². The zero-order valence-corrected chi connectivity index (χ0v) is 18.0. The van der Waals surface area contributed by atoms with Crippen LogP contribution in [0.3, 0.4) is 0 Å². The third-order valence-corrected chi connectivity index (χ3v) is 6.21. The Bertz CT molecular complexity index is 912. The fourth-order valence-electron chi connectivity index (χ4n) is 4.45. The van der Waals surface area contributed by atoms with E-state index in [9.17, 15) is 9.59 Å². The van der Waals surface area contributed by atoms with Gasteiger partial charge in [-0.05, 0) is 61.6 Å². The summed E-state index contributed by atoms with van der Waals surface area (Å²) in [7, 11) is 1.38. The summed E-state index contributed by atoms with van der Waals surface area (Å²) in [6, 6.07) is 15.9. The molecule has 0 bridgehead atoms. The highest BCUT2D eigenvalue weighted by atomic mass is 16.5. The third-order valence-electron chi connectivity index (χ3n) is 6.21. The lowest BCUT2D eigenvalue weighted by Gasteiger charge is -2.32. The van der Waals surface area contributed by atoms with E-state index in [4.69, 9.17) is 9.47 Å². The van der Waals surface area contributed by atoms with Crippen LogP contribution in [0.2, 0.25) is 0 Å². The number of amides is 1. The van der Waals surface area contributed by atoms with Crippen molar-refractivity contribution in [3.8, 4) is 5.75 Å². The van der Waals surface area contributed by atoms with Crippen LogP contribution in [0.1, 0.15) is 47.2 Å². The molecule has 1 fully saturated rings. The van der Waals surface area contributed by atoms with Crippen LogP contribution in [0.5, 0.6) is 5.75 Å². The summed E-state index contributed by atoms with van der Waals surface area (Å²) in [6.45, 7) is 2.24. The number of aryl methyl sites for hydroxylation is 1. The maximum absolute atomic E-state index is 12.5. The van der Waals surface area contributed by atoms with Crippen LogP contribution < -0.4 is 10.1 Å². The Labute approximate surface area is 183 Å². The van der Waals surface area contributed by atoms with Crippen LogP contribution in [0, 0.1) is 0 Å². The molecule has 164 valence electrons. The van der Waals surface area contributed by atoms with E-state index in [1.165, 1.54) is 12.7 Å². The van der Waals surface area contributed by atoms with Crippen molar-refractivity contribution < 1.29 is 19.1 Å². The number of carbonyl (C=O) groups excluding carboxylic acids is 2. The summed E-state index contributed by atoms with van der Waals surface area (Å²) in [5, 5.41) is 3.46. The number of fused-ring (bicyclic) bond motifs is 1. The van der Waals surface area contributed by atoms with Gasteiger partial charge in [-0.25, -0.2) is 4.79 Å². The quantitative estimate of drug-likeness (QED) is 0.522. The lowest BCUT2D eigenvalue weighted by molar-refractivity contribution is -0.130. The maximum atomic E-state index is 12.5. The molecule has 2 aliphatic rings. The molecule has 1 amide bonds. The first-order valence-electron chi connectivity index (χ1n) is 11.1. The molecular weight excluding hydrogens is 392 g/mol. The number of ether oxygens (including phenoxy) is 2. The first-order valence-corrected chi connectivity index (χ1v) is 11.1. The van der Waals surface area contributed by atoms with Gasteiger partial charge in [0.05, 0.1) is 19.2 Å². The van der Waals surface area contributed by atoms with Gasteiger partial charge in [0.2, 0.25) is 5.91 Å². The van der Waals surface area contributed by atoms with Crippen molar-refractivity contribution in [2.45, 2.75) is 50.8 Å². The van der Waals surface area contributed by atoms with E-state index >= 15 is 0 Å². The number of rotatable bonds is 8. The van der Waals surface area contributed by atoms with E-state index in [0.29, 0.717) is 18.5 Å². The van der Waals surface area contributed by atoms with E-state index in [1.54, 1.807) is 12.1 Å². The Balaban J connectivity index is 1.24. The molecule has 31 heavy (non-hydrogen) atoms. The lowest BCUT2D eigenvalue weighted by atomic mass is 10.0. The summed E-state index contributed by atoms with van der Waals surface area (Å²) in [5.41, 5.74) is 2.92. The zero-order valence-electron chi connectivity index (χ0n) is 18.0. The topological polar surface area (TPSA) is 67.9 Å². The van der Waals surface area contributed by atoms with E-state index in [2.05, 4.69) is 11.4 Å². The van der Waals surface area contributed by atoms with Gasteiger partial charge in [-0.1, -0.05) is 30.3 Å². The largest absolute Gasteiger partial charge is 0.488 e. The average molecular weight is 423 g/mol. The molecule has 0 spiro atoms. The highest BCUT2D eigenvalue weighted by molar-refractivity contribution is 5.89. The summed E-state index contributed by atoms with van der Waals surface area (Å²) < 4.78 is 10.9. The molecule has 4 rings (SSSR count). The molecule has 2 heterocycles. The fraction of sp³-hybridized carbons (Fsp3) is 0.440. The van der Waals surface area contributed by atoms with Crippen LogP contribution in [-0.4, -0.2) is 49.1 Å². The molecule has 0 aromatic heterocycles. The highest BCUT2D eigenvalue weighted by Crippen LogP contribution is 2.29. The van der Waals surface area contributed by atoms with Gasteiger partial charge in [-0.15, -0.1) is 0 Å². The molecule has 2 aromatic rings. The molecule has 1 saturated heterocycles. The number of para-hydroxylation sites is 1. The van der Waals surface area contributed by atoms with Crippen LogP contribution in [0.25, 0.3) is 0 Å². The predicted molar refractivity (Wildman–Crippen MR) is 118 cm³/mol. The molecule has 2 atom stereocenters. The molecular formula is C25H30N2O4. The monoisotopic (exact) mass is 422 g/mol. The van der Waals surface area contributed by atoms with Gasteiger partial charge >= 0.3 is 5.97 Å². The average Bonchev–Trinajstić information content (AvgIpc) is 3.15. The molecule has 6 nitrogen and oxygen atoms in total. The standard InChI is InChI=1S/C25H30N2O4/c1-30-25(29)20-8-6-18(7-9-20)16-26-15-14-21-11-13-24(28)27(21)17-22-12-10-19-4-2-3-5-23(19)31-22/h2-9,21-22,26H,10-17H2,1H3/t21-,22-/m1/s1. The molecule has 6 heteroatoms. The lowest BCUT2D eigenvalue weighted by Crippen LogP contribution is -2.43. The van der Waals surface area contributed by atoms with Gasteiger partial charge in [0.1, 0.15) is 11.9 Å². The van der Waals surface area contributed by atoms with Gasteiger partial charge < -0.3 is 19.7 Å². The second kappa shape index (κ2) is 9.96. The third kappa shape index (κ3) is 5.25. The van der Waals surface area contributed by atoms with Crippen molar-refractivity contribution in [3.05, 3.63) is 65.2 Å². The number of nitrogens with zero attached hydrogens (tertiary/aromatic N) is 1. The Kier molecular flexibility index (Phi) is 6.87. The maximum Gasteiger partial charge on any atom is 0.337 e. The molecule has 2 aromatic carbocycles. The Morgan fingerprint density at radius 3 is 2.74 bits per heavy atom. The van der Waals surface area contributed by atoms with E-state index in [1.807, 2.05) is 35.2 Å². The number of hydrogen-bond acceptors (Lipinski definition) is 5. The number of nitrogens with one attached hydrogen (secondary N) is 1. The van der Waals surface area contributed by atoms with Gasteiger partial charge in [-0.3, -0.25) is 4.79 Å². The summed E-state index contributed by atoms with van der Waals surface area (Å²) in [4.78, 5) is 26.0. The van der Waals surface area contributed by atoms with Crippen molar-refractivity contribution in [1.82, 2.24) is 10.2 Å². The minimum atomic E-state index is -0.323. The number of hydrogen-bond donors (Lipinski definition) is 1. The number of methoxy groups -OCH3 is 1. The molecule has 0 aliphatic carbocycles. The number of esters is 1. The van der Waals surface area contributed by atoms with Crippen molar-refractivity contribution in [2.75, 3.05) is 20.2 Å². The molecule has 1 N–H and O–H groups in total. The van der Waals surface area contributed by atoms with Crippen LogP contribution in [0.4, 0.5) is 0 Å². The molecule has 2 aliphatic heterocycles. The Morgan fingerprint density at radius 1 is 1.13 bits per heavy atom. The van der Waals surface area contributed by atoms with E-state index in [-0.39, 0.29) is 24.0 Å². The second-order valence-corrected chi connectivity index (χ2v) is 8.28. The number of carbonyl (C=O) groups is 2. The minimum Gasteiger partial charge on any atom is -0.488 e. The van der Waals surface area contributed by atoms with Crippen molar-refractivity contribution in [2.24, 2.45) is 0 Å². The zero-order chi connectivity index (χ0) is 21.6. The van der Waals surface area contributed by atoms with Gasteiger partial charge in [-0.2, -0.15) is 0 Å². The fourth-order valence-corrected chi connectivity index (χ4v) is 4.45. The number of benzene rings is 2. The second-order valence-electron chi connectivity index (χ2n) is 8.28. The normalized spacial score (nSPS) is 20.3. The molecule has 0 unspecified atom stereocenters. The van der Waals surface area contributed by atoms with Crippen LogP contribution in [-0.2, 0) is 22.5 Å². The van der Waals surface area contributed by atoms with Crippen LogP contribution >= 0.6 is 0 Å². The highest BCUT2D eigenvalue weighted by Gasteiger charge is 2.33. The van der Waals surface area contributed by atoms with Gasteiger partial charge in [0.25, 0.3) is 0 Å². The first kappa shape index (κ1) is 21.4. The van der Waals surface area contributed by atoms with E-state index in [0.717, 1.165) is 50.1 Å². The number of likely N-dealkylation sites (tertiary alicyclic amines) is 1. The van der Waals surface area contributed by atoms with E-state index < -0.39 is 0 Å².